The van der Waals surface area contributed by atoms with Crippen LogP contribution < -0.4 is 5.73 Å². The Balaban J connectivity index is 2.08. The van der Waals surface area contributed by atoms with E-state index in [1.54, 1.807) is 4.90 Å². The number of carbonyl (C=O) groups is 1. The first-order chi connectivity index (χ1) is 7.72. The smallest absolute Gasteiger partial charge is 0.275 e. The second-order valence-corrected chi connectivity index (χ2v) is 4.09. The van der Waals surface area contributed by atoms with Crippen molar-refractivity contribution < 1.29 is 9.21 Å². The first kappa shape index (κ1) is 11.1. The molecular formula is C11H17N3O2. The van der Waals surface area contributed by atoms with Crippen LogP contribution in [0, 0.1) is 0 Å². The number of hydrogen-bond acceptors (Lipinski definition) is 4. The Morgan fingerprint density at radius 2 is 2.31 bits per heavy atom. The molecule has 1 aliphatic rings. The molecule has 88 valence electrons. The van der Waals surface area contributed by atoms with Crippen LogP contribution in [-0.2, 0) is 0 Å². The molecular weight excluding hydrogens is 206 g/mol. The molecule has 1 atom stereocenters. The van der Waals surface area contributed by atoms with Crippen molar-refractivity contribution in [3.8, 4) is 0 Å². The number of aromatic nitrogens is 1. The largest absolute Gasteiger partial charge is 0.446 e. The van der Waals surface area contributed by atoms with Crippen LogP contribution in [0.1, 0.15) is 48.6 Å². The molecule has 2 rings (SSSR count). The van der Waals surface area contributed by atoms with Gasteiger partial charge in [0.2, 0.25) is 5.89 Å². The number of likely N-dealkylation sites (tertiary alicyclic amines) is 1. The normalized spacial score (nSPS) is 17.8. The van der Waals surface area contributed by atoms with Crippen LogP contribution >= 0.6 is 0 Å². The summed E-state index contributed by atoms with van der Waals surface area (Å²) in [5.74, 6) is 0.404. The molecule has 2 heterocycles. The average Bonchev–Trinajstić information content (AvgIpc) is 2.97. The van der Waals surface area contributed by atoms with E-state index in [9.17, 15) is 4.79 Å². The topological polar surface area (TPSA) is 72.4 Å². The minimum Gasteiger partial charge on any atom is -0.446 e. The molecule has 5 heteroatoms. The van der Waals surface area contributed by atoms with Gasteiger partial charge in [0, 0.05) is 13.1 Å². The Labute approximate surface area is 94.6 Å². The van der Waals surface area contributed by atoms with Crippen LogP contribution in [-0.4, -0.2) is 28.9 Å². The fraction of sp³-hybridized carbons (Fsp3) is 0.636. The molecule has 1 aliphatic heterocycles. The molecule has 1 amide bonds. The summed E-state index contributed by atoms with van der Waals surface area (Å²) in [6.07, 6.45) is 4.30. The molecule has 5 nitrogen and oxygen atoms in total. The summed E-state index contributed by atoms with van der Waals surface area (Å²) in [4.78, 5) is 17.9. The van der Waals surface area contributed by atoms with E-state index in [2.05, 4.69) is 4.98 Å². The van der Waals surface area contributed by atoms with Gasteiger partial charge in [0.15, 0.2) is 5.69 Å². The highest BCUT2D eigenvalue weighted by molar-refractivity contribution is 5.92. The van der Waals surface area contributed by atoms with Crippen molar-refractivity contribution in [2.45, 2.75) is 32.2 Å². The predicted octanol–water partition coefficient (Wildman–Crippen LogP) is 1.32. The number of amides is 1. The third kappa shape index (κ3) is 2.09. The number of oxazole rings is 1. The first-order valence-corrected chi connectivity index (χ1v) is 5.72. The summed E-state index contributed by atoms with van der Waals surface area (Å²) in [5, 5.41) is 0. The fourth-order valence-electron chi connectivity index (χ4n) is 1.81. The van der Waals surface area contributed by atoms with Crippen molar-refractivity contribution in [2.24, 2.45) is 5.73 Å². The Bertz CT molecular complexity index is 369. The zero-order valence-corrected chi connectivity index (χ0v) is 9.48. The van der Waals surface area contributed by atoms with E-state index in [1.165, 1.54) is 6.26 Å². The van der Waals surface area contributed by atoms with Crippen LogP contribution in [0.15, 0.2) is 10.7 Å². The molecule has 0 aromatic carbocycles. The van der Waals surface area contributed by atoms with E-state index >= 15 is 0 Å². The maximum Gasteiger partial charge on any atom is 0.275 e. The second-order valence-electron chi connectivity index (χ2n) is 4.09. The molecule has 2 N–H and O–H groups in total. The molecule has 1 fully saturated rings. The van der Waals surface area contributed by atoms with Gasteiger partial charge in [-0.3, -0.25) is 4.79 Å². The number of nitrogens with zero attached hydrogens (tertiary/aromatic N) is 2. The van der Waals surface area contributed by atoms with Gasteiger partial charge in [0.05, 0.1) is 6.04 Å². The lowest BCUT2D eigenvalue weighted by Gasteiger charge is -2.12. The number of rotatable bonds is 3. The maximum atomic E-state index is 11.9. The highest BCUT2D eigenvalue weighted by Gasteiger charge is 2.23. The molecule has 1 aromatic rings. The first-order valence-electron chi connectivity index (χ1n) is 5.72. The van der Waals surface area contributed by atoms with Gasteiger partial charge in [-0.1, -0.05) is 6.92 Å². The molecule has 0 saturated carbocycles. The maximum absolute atomic E-state index is 11.9. The van der Waals surface area contributed by atoms with E-state index in [0.717, 1.165) is 32.4 Å². The van der Waals surface area contributed by atoms with Crippen LogP contribution in [0.3, 0.4) is 0 Å². The molecule has 16 heavy (non-hydrogen) atoms. The van der Waals surface area contributed by atoms with Crippen molar-refractivity contribution in [2.75, 3.05) is 13.1 Å². The van der Waals surface area contributed by atoms with Crippen molar-refractivity contribution >= 4 is 5.91 Å². The zero-order chi connectivity index (χ0) is 11.5. The van der Waals surface area contributed by atoms with Gasteiger partial charge in [-0.2, -0.15) is 0 Å². The third-order valence-corrected chi connectivity index (χ3v) is 2.89. The average molecular weight is 223 g/mol. The van der Waals surface area contributed by atoms with Gasteiger partial charge >= 0.3 is 0 Å². The minimum absolute atomic E-state index is 0.0456. The monoisotopic (exact) mass is 223 g/mol. The SMILES string of the molecule is CCC(N)c1nc(C(=O)N2CCCC2)co1. The lowest BCUT2D eigenvalue weighted by molar-refractivity contribution is 0.0787. The quantitative estimate of drug-likeness (QED) is 0.838. The van der Waals surface area contributed by atoms with Gasteiger partial charge in [-0.25, -0.2) is 4.98 Å². The van der Waals surface area contributed by atoms with E-state index in [1.807, 2.05) is 6.92 Å². The number of carbonyl (C=O) groups excluding carboxylic acids is 1. The molecule has 0 spiro atoms. The standard InChI is InChI=1S/C11H17N3O2/c1-2-8(12)10-13-9(7-16-10)11(15)14-5-3-4-6-14/h7-8H,2-6,12H2,1H3. The molecule has 1 saturated heterocycles. The molecule has 1 unspecified atom stereocenters. The summed E-state index contributed by atoms with van der Waals surface area (Å²) in [7, 11) is 0. The number of nitrogens with two attached hydrogens (primary N) is 1. The lowest BCUT2D eigenvalue weighted by atomic mass is 10.2. The van der Waals surface area contributed by atoms with E-state index < -0.39 is 0 Å². The van der Waals surface area contributed by atoms with Gasteiger partial charge in [0.25, 0.3) is 5.91 Å². The Kier molecular flexibility index (Phi) is 3.24. The summed E-state index contributed by atoms with van der Waals surface area (Å²) in [6, 6.07) is -0.222. The Morgan fingerprint density at radius 3 is 2.94 bits per heavy atom. The fourth-order valence-corrected chi connectivity index (χ4v) is 1.81. The molecule has 0 aliphatic carbocycles. The zero-order valence-electron chi connectivity index (χ0n) is 9.48. The summed E-state index contributed by atoms with van der Waals surface area (Å²) in [6.45, 7) is 3.60. The van der Waals surface area contributed by atoms with Gasteiger partial charge < -0.3 is 15.1 Å². The summed E-state index contributed by atoms with van der Waals surface area (Å²) in [5.41, 5.74) is 6.16. The highest BCUT2D eigenvalue weighted by Crippen LogP contribution is 2.16. The highest BCUT2D eigenvalue weighted by atomic mass is 16.3. The summed E-state index contributed by atoms with van der Waals surface area (Å²) >= 11 is 0. The lowest BCUT2D eigenvalue weighted by Crippen LogP contribution is -2.28. The Hall–Kier alpha value is -1.36. The minimum atomic E-state index is -0.222. The van der Waals surface area contributed by atoms with Crippen LogP contribution in [0.4, 0.5) is 0 Å². The number of hydrogen-bond donors (Lipinski definition) is 1. The molecule has 1 aromatic heterocycles. The third-order valence-electron chi connectivity index (χ3n) is 2.89. The van der Waals surface area contributed by atoms with Crippen LogP contribution in [0.5, 0.6) is 0 Å². The van der Waals surface area contributed by atoms with Crippen molar-refractivity contribution in [3.05, 3.63) is 17.8 Å². The van der Waals surface area contributed by atoms with Crippen molar-refractivity contribution in [3.63, 3.8) is 0 Å². The van der Waals surface area contributed by atoms with Crippen molar-refractivity contribution in [1.82, 2.24) is 9.88 Å². The van der Waals surface area contributed by atoms with Crippen LogP contribution in [0.2, 0.25) is 0 Å². The van der Waals surface area contributed by atoms with Gasteiger partial charge in [-0.05, 0) is 19.3 Å². The van der Waals surface area contributed by atoms with Crippen molar-refractivity contribution in [1.29, 1.82) is 0 Å². The van der Waals surface area contributed by atoms with E-state index in [-0.39, 0.29) is 11.9 Å². The Morgan fingerprint density at radius 1 is 1.62 bits per heavy atom. The molecule has 0 radical (unpaired) electrons. The predicted molar refractivity (Wildman–Crippen MR) is 58.9 cm³/mol. The second kappa shape index (κ2) is 4.65. The van der Waals surface area contributed by atoms with Gasteiger partial charge in [0.1, 0.15) is 6.26 Å². The summed E-state index contributed by atoms with van der Waals surface area (Å²) < 4.78 is 5.21. The van der Waals surface area contributed by atoms with Gasteiger partial charge in [-0.15, -0.1) is 0 Å². The molecule has 0 bridgehead atoms. The van der Waals surface area contributed by atoms with E-state index in [0.29, 0.717) is 11.6 Å². The van der Waals surface area contributed by atoms with Crippen LogP contribution in [0.25, 0.3) is 0 Å². The van der Waals surface area contributed by atoms with E-state index in [4.69, 9.17) is 10.2 Å².